The van der Waals surface area contributed by atoms with Gasteiger partial charge in [-0.25, -0.2) is 4.79 Å². The Morgan fingerprint density at radius 1 is 1.14 bits per heavy atom. The van der Waals surface area contributed by atoms with E-state index >= 15 is 0 Å². The number of rotatable bonds is 5. The molecule has 0 aliphatic carbocycles. The molecule has 2 fully saturated rings. The lowest BCUT2D eigenvalue weighted by molar-refractivity contribution is -0.132. The van der Waals surface area contributed by atoms with Crippen LogP contribution in [-0.4, -0.2) is 69.2 Å². The van der Waals surface area contributed by atoms with Crippen LogP contribution in [0.3, 0.4) is 0 Å². The lowest BCUT2D eigenvalue weighted by Crippen LogP contribution is -2.44. The number of nitrogens with one attached hydrogen (secondary N) is 2. The molecule has 3 aromatic rings. The number of hydrogen-bond donors (Lipinski definition) is 3. The van der Waals surface area contributed by atoms with Crippen LogP contribution >= 0.6 is 0 Å². The summed E-state index contributed by atoms with van der Waals surface area (Å²) < 4.78 is 0. The predicted molar refractivity (Wildman–Crippen MR) is 140 cm³/mol. The summed E-state index contributed by atoms with van der Waals surface area (Å²) in [5.41, 5.74) is 8.16. The number of aliphatic hydroxyl groups is 1. The van der Waals surface area contributed by atoms with Crippen molar-refractivity contribution >= 4 is 22.8 Å². The number of aryl methyl sites for hydroxylation is 2. The number of urea groups is 1. The quantitative estimate of drug-likeness (QED) is 0.504. The summed E-state index contributed by atoms with van der Waals surface area (Å²) in [4.78, 5) is 36.0. The minimum absolute atomic E-state index is 0.0113. The summed E-state index contributed by atoms with van der Waals surface area (Å²) in [5.74, 6) is 0.686. The molecule has 2 aromatic heterocycles. The van der Waals surface area contributed by atoms with E-state index in [2.05, 4.69) is 59.5 Å². The second-order valence-corrected chi connectivity index (χ2v) is 10.5. The van der Waals surface area contributed by atoms with Crippen molar-refractivity contribution in [2.75, 3.05) is 26.2 Å². The predicted octanol–water partition coefficient (Wildman–Crippen LogP) is 4.02. The van der Waals surface area contributed by atoms with Gasteiger partial charge < -0.3 is 25.2 Å². The molecule has 3 N–H and O–H groups in total. The van der Waals surface area contributed by atoms with Crippen LogP contribution in [0.15, 0.2) is 30.3 Å². The number of H-pyrrole nitrogens is 1. The SMILES string of the molecule is Cc1cc(-c2[nH]c3ccc(C4CCN(C(=O)CN5CC(O)NC5=O)CC4)cc3c2C(C)C)cc(C)n1. The number of piperidine rings is 1. The number of carbonyl (C=O) groups excluding carboxylic acids is 2. The van der Waals surface area contributed by atoms with Crippen LogP contribution in [0.25, 0.3) is 22.2 Å². The minimum Gasteiger partial charge on any atom is -0.372 e. The standard InChI is InChI=1S/C28H35N5O3/c1-16(2)26-22-13-20(5-6-23(22)30-27(26)21-11-17(3)29-18(4)12-21)19-7-9-32(10-8-19)25(35)15-33-14-24(34)31-28(33)36/h5-6,11-13,16,19,24,30,34H,7-10,14-15H2,1-4H3,(H,31,36). The zero-order chi connectivity index (χ0) is 25.6. The van der Waals surface area contributed by atoms with E-state index in [1.165, 1.54) is 32.7 Å². The van der Waals surface area contributed by atoms with E-state index < -0.39 is 6.23 Å². The van der Waals surface area contributed by atoms with Crippen molar-refractivity contribution in [3.05, 3.63) is 52.8 Å². The second kappa shape index (κ2) is 9.58. The van der Waals surface area contributed by atoms with Crippen LogP contribution < -0.4 is 5.32 Å². The number of β-amino-alcohol motifs (C(OH)–C–C–N with tert-alkyl or cyclic N) is 1. The monoisotopic (exact) mass is 489 g/mol. The molecule has 0 bridgehead atoms. The van der Waals surface area contributed by atoms with Crippen LogP contribution in [0.4, 0.5) is 4.79 Å². The number of benzene rings is 1. The maximum atomic E-state index is 12.7. The molecule has 0 radical (unpaired) electrons. The highest BCUT2D eigenvalue weighted by Gasteiger charge is 2.31. The normalized spacial score (nSPS) is 18.9. The first-order valence-electron chi connectivity index (χ1n) is 12.8. The average molecular weight is 490 g/mol. The lowest BCUT2D eigenvalue weighted by Gasteiger charge is -2.33. The molecule has 8 heteroatoms. The Bertz CT molecular complexity index is 1290. The molecule has 2 aliphatic rings. The lowest BCUT2D eigenvalue weighted by atomic mass is 9.87. The van der Waals surface area contributed by atoms with Crippen molar-refractivity contribution < 1.29 is 14.7 Å². The summed E-state index contributed by atoms with van der Waals surface area (Å²) in [6.45, 7) is 10.1. The molecule has 8 nitrogen and oxygen atoms in total. The highest BCUT2D eigenvalue weighted by molar-refractivity contribution is 5.92. The molecule has 4 heterocycles. The van der Waals surface area contributed by atoms with Gasteiger partial charge >= 0.3 is 6.03 Å². The third-order valence-electron chi connectivity index (χ3n) is 7.43. The van der Waals surface area contributed by atoms with Crippen LogP contribution in [0.1, 0.15) is 61.0 Å². The van der Waals surface area contributed by atoms with Crippen LogP contribution in [0.5, 0.6) is 0 Å². The molecule has 1 atom stereocenters. The molecule has 36 heavy (non-hydrogen) atoms. The first-order valence-corrected chi connectivity index (χ1v) is 12.8. The Hall–Kier alpha value is -3.39. The zero-order valence-electron chi connectivity index (χ0n) is 21.5. The highest BCUT2D eigenvalue weighted by Crippen LogP contribution is 2.38. The number of pyridine rings is 1. The van der Waals surface area contributed by atoms with E-state index in [0.29, 0.717) is 24.9 Å². The Morgan fingerprint density at radius 3 is 2.44 bits per heavy atom. The summed E-state index contributed by atoms with van der Waals surface area (Å²) in [6, 6.07) is 10.6. The number of aromatic nitrogens is 2. The van der Waals surface area contributed by atoms with Crippen molar-refractivity contribution in [2.24, 2.45) is 0 Å². The van der Waals surface area contributed by atoms with Crippen LogP contribution in [-0.2, 0) is 4.79 Å². The fourth-order valence-electron chi connectivity index (χ4n) is 5.72. The van der Waals surface area contributed by atoms with Gasteiger partial charge in [-0.3, -0.25) is 9.78 Å². The molecule has 0 spiro atoms. The van der Waals surface area contributed by atoms with Gasteiger partial charge in [-0.2, -0.15) is 0 Å². The third kappa shape index (κ3) is 4.69. The maximum Gasteiger partial charge on any atom is 0.320 e. The number of likely N-dealkylation sites (tertiary alicyclic amines) is 1. The molecular weight excluding hydrogens is 454 g/mol. The van der Waals surface area contributed by atoms with Gasteiger partial charge in [-0.15, -0.1) is 0 Å². The number of carbonyl (C=O) groups is 2. The molecular formula is C28H35N5O3. The third-order valence-corrected chi connectivity index (χ3v) is 7.43. The van der Waals surface area contributed by atoms with Crippen molar-refractivity contribution in [3.63, 3.8) is 0 Å². The van der Waals surface area contributed by atoms with E-state index in [1.807, 2.05) is 18.7 Å². The number of nitrogens with zero attached hydrogens (tertiary/aromatic N) is 3. The Morgan fingerprint density at radius 2 is 1.83 bits per heavy atom. The van der Waals surface area contributed by atoms with Gasteiger partial charge in [0.1, 0.15) is 12.8 Å². The summed E-state index contributed by atoms with van der Waals surface area (Å²) in [7, 11) is 0. The largest absolute Gasteiger partial charge is 0.372 e. The van der Waals surface area contributed by atoms with Crippen LogP contribution in [0.2, 0.25) is 0 Å². The molecule has 2 aliphatic heterocycles. The fraction of sp³-hybridized carbons (Fsp3) is 0.464. The molecule has 3 amide bonds. The second-order valence-electron chi connectivity index (χ2n) is 10.5. The van der Waals surface area contributed by atoms with Crippen molar-refractivity contribution in [1.82, 2.24) is 25.1 Å². The molecule has 5 rings (SSSR count). The molecule has 190 valence electrons. The van der Waals surface area contributed by atoms with Crippen molar-refractivity contribution in [3.8, 4) is 11.3 Å². The number of amides is 3. The van der Waals surface area contributed by atoms with Gasteiger partial charge in [0.25, 0.3) is 0 Å². The first kappa shape index (κ1) is 24.3. The summed E-state index contributed by atoms with van der Waals surface area (Å²) >= 11 is 0. The minimum atomic E-state index is -0.901. The smallest absolute Gasteiger partial charge is 0.320 e. The average Bonchev–Trinajstić information content (AvgIpc) is 3.37. The Kier molecular flexibility index (Phi) is 6.47. The van der Waals surface area contributed by atoms with E-state index in [4.69, 9.17) is 0 Å². The van der Waals surface area contributed by atoms with E-state index in [9.17, 15) is 14.7 Å². The molecule has 1 unspecified atom stereocenters. The van der Waals surface area contributed by atoms with E-state index in [-0.39, 0.29) is 25.0 Å². The first-order chi connectivity index (χ1) is 17.2. The van der Waals surface area contributed by atoms with E-state index in [0.717, 1.165) is 29.7 Å². The van der Waals surface area contributed by atoms with Gasteiger partial charge in [0.05, 0.1) is 12.2 Å². The Labute approximate surface area is 211 Å². The molecule has 1 aromatic carbocycles. The van der Waals surface area contributed by atoms with E-state index in [1.54, 1.807) is 0 Å². The Balaban J connectivity index is 1.34. The topological polar surface area (TPSA) is 102 Å². The van der Waals surface area contributed by atoms with Gasteiger partial charge in [0.2, 0.25) is 5.91 Å². The zero-order valence-corrected chi connectivity index (χ0v) is 21.5. The van der Waals surface area contributed by atoms with Gasteiger partial charge in [-0.1, -0.05) is 19.9 Å². The fourth-order valence-corrected chi connectivity index (χ4v) is 5.72. The number of aliphatic hydroxyl groups excluding tert-OH is 1. The summed E-state index contributed by atoms with van der Waals surface area (Å²) in [6.07, 6.45) is 0.883. The number of aromatic amines is 1. The van der Waals surface area contributed by atoms with Crippen molar-refractivity contribution in [2.45, 2.75) is 58.6 Å². The van der Waals surface area contributed by atoms with Gasteiger partial charge in [-0.05, 0) is 73.9 Å². The number of hydrogen-bond acceptors (Lipinski definition) is 4. The van der Waals surface area contributed by atoms with Crippen LogP contribution in [0, 0.1) is 13.8 Å². The highest BCUT2D eigenvalue weighted by atomic mass is 16.3. The number of fused-ring (bicyclic) bond motifs is 1. The molecule has 0 saturated carbocycles. The summed E-state index contributed by atoms with van der Waals surface area (Å²) in [5, 5.41) is 13.2. The van der Waals surface area contributed by atoms with Gasteiger partial charge in [0.15, 0.2) is 0 Å². The maximum absolute atomic E-state index is 12.7. The van der Waals surface area contributed by atoms with Crippen molar-refractivity contribution in [1.29, 1.82) is 0 Å². The molecule has 2 saturated heterocycles. The van der Waals surface area contributed by atoms with Gasteiger partial charge in [0, 0.05) is 40.9 Å².